The zero-order valence-corrected chi connectivity index (χ0v) is 15.8. The minimum atomic E-state index is -0.348. The number of aliphatic hydroxyl groups is 1. The van der Waals surface area contributed by atoms with E-state index in [0.29, 0.717) is 23.6 Å². The quantitative estimate of drug-likeness (QED) is 0.768. The van der Waals surface area contributed by atoms with Gasteiger partial charge in [-0.2, -0.15) is 4.98 Å². The predicted octanol–water partition coefficient (Wildman–Crippen LogP) is 0.962. The van der Waals surface area contributed by atoms with Crippen LogP contribution in [0.1, 0.15) is 20.7 Å². The molecule has 2 amide bonds. The molecule has 3 rings (SSSR count). The molecule has 0 spiro atoms. The number of carbonyl (C=O) groups is 2. The monoisotopic (exact) mass is 385 g/mol. The summed E-state index contributed by atoms with van der Waals surface area (Å²) >= 11 is 0. The Bertz CT molecular complexity index is 843. The van der Waals surface area contributed by atoms with E-state index in [1.165, 1.54) is 14.2 Å². The summed E-state index contributed by atoms with van der Waals surface area (Å²) in [7, 11) is 2.91. The van der Waals surface area contributed by atoms with Crippen molar-refractivity contribution < 1.29 is 24.2 Å². The lowest BCUT2D eigenvalue weighted by Gasteiger charge is -2.18. The Hall–Kier alpha value is -3.13. The molecule has 0 saturated carbocycles. The lowest BCUT2D eigenvalue weighted by Crippen LogP contribution is -2.42. The number of pyridine rings is 1. The van der Waals surface area contributed by atoms with Crippen molar-refractivity contribution in [1.82, 2.24) is 15.2 Å². The van der Waals surface area contributed by atoms with Gasteiger partial charge in [-0.1, -0.05) is 18.2 Å². The smallest absolute Gasteiger partial charge is 0.259 e. The Balaban J connectivity index is 1.74. The van der Waals surface area contributed by atoms with Crippen LogP contribution in [0.25, 0.3) is 0 Å². The zero-order valence-electron chi connectivity index (χ0n) is 15.8. The maximum atomic E-state index is 13.0. The number of hydrogen-bond acceptors (Lipinski definition) is 6. The third kappa shape index (κ3) is 4.07. The molecule has 2 N–H and O–H groups in total. The molecule has 2 atom stereocenters. The van der Waals surface area contributed by atoms with Gasteiger partial charge in [0.15, 0.2) is 0 Å². The van der Waals surface area contributed by atoms with E-state index >= 15 is 0 Å². The van der Waals surface area contributed by atoms with Crippen molar-refractivity contribution in [2.75, 3.05) is 33.9 Å². The van der Waals surface area contributed by atoms with Gasteiger partial charge in [-0.25, -0.2) is 0 Å². The van der Waals surface area contributed by atoms with Gasteiger partial charge in [0.2, 0.25) is 11.8 Å². The number of ether oxygens (including phenoxy) is 2. The molecular formula is C20H23N3O5. The molecule has 1 fully saturated rings. The third-order valence-electron chi connectivity index (χ3n) is 4.78. The SMILES string of the molecule is COc1ccc(C(=O)N2CC(CO)C(NC(=O)c3ccccc3)C2)c(OC)n1. The van der Waals surface area contributed by atoms with E-state index in [1.807, 2.05) is 6.07 Å². The third-order valence-corrected chi connectivity index (χ3v) is 4.78. The normalized spacial score (nSPS) is 18.6. The van der Waals surface area contributed by atoms with E-state index < -0.39 is 0 Å². The Kier molecular flexibility index (Phi) is 6.10. The average molecular weight is 385 g/mol. The number of aliphatic hydroxyl groups excluding tert-OH is 1. The van der Waals surface area contributed by atoms with Gasteiger partial charge < -0.3 is 24.8 Å². The van der Waals surface area contributed by atoms with Crippen LogP contribution in [-0.4, -0.2) is 66.8 Å². The van der Waals surface area contributed by atoms with Crippen LogP contribution in [0.2, 0.25) is 0 Å². The Morgan fingerprint density at radius 3 is 2.54 bits per heavy atom. The van der Waals surface area contributed by atoms with Gasteiger partial charge in [0.25, 0.3) is 11.8 Å². The lowest BCUT2D eigenvalue weighted by atomic mass is 10.0. The average Bonchev–Trinajstić information content (AvgIpc) is 3.16. The van der Waals surface area contributed by atoms with Crippen molar-refractivity contribution in [2.24, 2.45) is 5.92 Å². The summed E-state index contributed by atoms with van der Waals surface area (Å²) in [6.45, 7) is 0.476. The summed E-state index contributed by atoms with van der Waals surface area (Å²) in [5.74, 6) is -0.254. The van der Waals surface area contributed by atoms with Crippen molar-refractivity contribution in [3.05, 3.63) is 53.6 Å². The number of methoxy groups -OCH3 is 2. The number of aromatic nitrogens is 1. The van der Waals surface area contributed by atoms with Gasteiger partial charge in [-0.15, -0.1) is 0 Å². The van der Waals surface area contributed by atoms with E-state index in [9.17, 15) is 14.7 Å². The standard InChI is InChI=1S/C20H23N3O5/c1-27-17-9-8-15(19(22-17)28-2)20(26)23-10-14(12-24)16(11-23)21-18(25)13-6-4-3-5-7-13/h3-9,14,16,24H,10-12H2,1-2H3,(H,21,25). The van der Waals surface area contributed by atoms with Crippen LogP contribution in [0, 0.1) is 5.92 Å². The van der Waals surface area contributed by atoms with E-state index in [1.54, 1.807) is 41.3 Å². The highest BCUT2D eigenvalue weighted by Gasteiger charge is 2.37. The molecule has 0 bridgehead atoms. The first-order valence-electron chi connectivity index (χ1n) is 8.92. The molecule has 1 aromatic heterocycles. The Morgan fingerprint density at radius 1 is 1.14 bits per heavy atom. The molecule has 1 saturated heterocycles. The predicted molar refractivity (Wildman–Crippen MR) is 102 cm³/mol. The molecule has 8 nitrogen and oxygen atoms in total. The highest BCUT2D eigenvalue weighted by Crippen LogP contribution is 2.25. The summed E-state index contributed by atoms with van der Waals surface area (Å²) in [6.07, 6.45) is 0. The molecule has 2 aromatic rings. The summed E-state index contributed by atoms with van der Waals surface area (Å²) in [5.41, 5.74) is 0.833. The van der Waals surface area contributed by atoms with Crippen LogP contribution in [0.3, 0.4) is 0 Å². The Morgan fingerprint density at radius 2 is 1.89 bits per heavy atom. The second-order valence-electron chi connectivity index (χ2n) is 6.51. The molecule has 8 heteroatoms. The fraction of sp³-hybridized carbons (Fsp3) is 0.350. The number of carbonyl (C=O) groups excluding carboxylic acids is 2. The van der Waals surface area contributed by atoms with E-state index in [-0.39, 0.29) is 42.8 Å². The molecular weight excluding hydrogens is 362 g/mol. The van der Waals surface area contributed by atoms with Gasteiger partial charge in [0.1, 0.15) is 5.56 Å². The van der Waals surface area contributed by atoms with Crippen LogP contribution in [-0.2, 0) is 0 Å². The van der Waals surface area contributed by atoms with Gasteiger partial charge in [0, 0.05) is 37.2 Å². The maximum absolute atomic E-state index is 13.0. The number of hydrogen-bond donors (Lipinski definition) is 2. The van der Waals surface area contributed by atoms with E-state index in [0.717, 1.165) is 0 Å². The molecule has 1 aromatic carbocycles. The summed E-state index contributed by atoms with van der Waals surface area (Å²) in [4.78, 5) is 31.1. The van der Waals surface area contributed by atoms with Gasteiger partial charge in [-0.05, 0) is 18.2 Å². The van der Waals surface area contributed by atoms with Crippen molar-refractivity contribution in [1.29, 1.82) is 0 Å². The number of amides is 2. The van der Waals surface area contributed by atoms with Crippen LogP contribution >= 0.6 is 0 Å². The number of nitrogens with zero attached hydrogens (tertiary/aromatic N) is 2. The minimum absolute atomic E-state index is 0.137. The first kappa shape index (κ1) is 19.6. The van der Waals surface area contributed by atoms with E-state index in [2.05, 4.69) is 10.3 Å². The second-order valence-corrected chi connectivity index (χ2v) is 6.51. The minimum Gasteiger partial charge on any atom is -0.481 e. The molecule has 2 heterocycles. The highest BCUT2D eigenvalue weighted by atomic mass is 16.5. The molecule has 28 heavy (non-hydrogen) atoms. The topological polar surface area (TPSA) is 101 Å². The number of rotatable bonds is 6. The molecule has 148 valence electrons. The first-order valence-corrected chi connectivity index (χ1v) is 8.92. The highest BCUT2D eigenvalue weighted by molar-refractivity contribution is 5.97. The van der Waals surface area contributed by atoms with Crippen LogP contribution in [0.15, 0.2) is 42.5 Å². The molecule has 1 aliphatic heterocycles. The Labute approximate surface area is 163 Å². The zero-order chi connectivity index (χ0) is 20.1. The van der Waals surface area contributed by atoms with E-state index in [4.69, 9.17) is 9.47 Å². The molecule has 0 aliphatic carbocycles. The van der Waals surface area contributed by atoms with Crippen molar-refractivity contribution >= 4 is 11.8 Å². The first-order chi connectivity index (χ1) is 13.6. The number of nitrogens with one attached hydrogen (secondary N) is 1. The van der Waals surface area contributed by atoms with Crippen LogP contribution < -0.4 is 14.8 Å². The number of benzene rings is 1. The van der Waals surface area contributed by atoms with Gasteiger partial charge in [0.05, 0.1) is 20.3 Å². The maximum Gasteiger partial charge on any atom is 0.259 e. The molecule has 2 unspecified atom stereocenters. The fourth-order valence-corrected chi connectivity index (χ4v) is 3.25. The lowest BCUT2D eigenvalue weighted by molar-refractivity contribution is 0.0773. The second kappa shape index (κ2) is 8.71. The summed E-state index contributed by atoms with van der Waals surface area (Å²) in [5, 5.41) is 12.6. The molecule has 0 radical (unpaired) electrons. The van der Waals surface area contributed by atoms with Gasteiger partial charge in [-0.3, -0.25) is 9.59 Å². The van der Waals surface area contributed by atoms with Gasteiger partial charge >= 0.3 is 0 Å². The summed E-state index contributed by atoms with van der Waals surface area (Å²) < 4.78 is 10.3. The fourth-order valence-electron chi connectivity index (χ4n) is 3.25. The van der Waals surface area contributed by atoms with Crippen molar-refractivity contribution in [2.45, 2.75) is 6.04 Å². The van der Waals surface area contributed by atoms with Crippen LogP contribution in [0.5, 0.6) is 11.8 Å². The van der Waals surface area contributed by atoms with Crippen molar-refractivity contribution in [3.63, 3.8) is 0 Å². The molecule has 1 aliphatic rings. The number of likely N-dealkylation sites (tertiary alicyclic amines) is 1. The van der Waals surface area contributed by atoms with Crippen molar-refractivity contribution in [3.8, 4) is 11.8 Å². The summed E-state index contributed by atoms with van der Waals surface area (Å²) in [6, 6.07) is 11.7. The largest absolute Gasteiger partial charge is 0.481 e. The van der Waals surface area contributed by atoms with Crippen LogP contribution in [0.4, 0.5) is 0 Å².